The number of sulfonamides is 1. The van der Waals surface area contributed by atoms with Crippen LogP contribution in [0.2, 0.25) is 0 Å². The Balaban J connectivity index is 2.06. The van der Waals surface area contributed by atoms with E-state index < -0.39 is 34.3 Å². The van der Waals surface area contributed by atoms with Crippen molar-refractivity contribution in [2.24, 2.45) is 0 Å². The average molecular weight is 598 g/mol. The number of hydrogen-bond acceptors (Lipinski definition) is 5. The Morgan fingerprint density at radius 2 is 1.62 bits per heavy atom. The van der Waals surface area contributed by atoms with Gasteiger partial charge in [-0.2, -0.15) is 0 Å². The highest BCUT2D eigenvalue weighted by Crippen LogP contribution is 2.27. The van der Waals surface area contributed by atoms with Crippen molar-refractivity contribution in [2.45, 2.75) is 71.0 Å². The van der Waals surface area contributed by atoms with Crippen LogP contribution in [0.25, 0.3) is 0 Å². The number of nitrogens with one attached hydrogen (secondary N) is 1. The molecular formula is C32H40FN3O5S. The van der Waals surface area contributed by atoms with Crippen molar-refractivity contribution in [3.05, 3.63) is 89.7 Å². The van der Waals surface area contributed by atoms with Crippen LogP contribution < -0.4 is 14.4 Å². The standard InChI is InChI=1S/C32H40FN3O5S/c1-6-24(5)34-32(38)30(7-2)35(21-25-11-9-10-23(4)20-25)31(37)22-36(27-14-16-28(17-15-27)41-8-3)42(39,40)29-18-12-26(33)13-19-29/h9-20,24,30H,6-8,21-22H2,1-5H3,(H,34,38). The number of carbonyl (C=O) groups excluding carboxylic acids is 2. The maximum Gasteiger partial charge on any atom is 0.264 e. The highest BCUT2D eigenvalue weighted by Gasteiger charge is 2.34. The Morgan fingerprint density at radius 3 is 2.19 bits per heavy atom. The molecule has 42 heavy (non-hydrogen) atoms. The molecule has 226 valence electrons. The van der Waals surface area contributed by atoms with E-state index in [4.69, 9.17) is 4.74 Å². The molecule has 0 spiro atoms. The van der Waals surface area contributed by atoms with Crippen LogP contribution in [0.15, 0.2) is 77.7 Å². The number of amides is 2. The Hall–Kier alpha value is -3.92. The SMILES string of the molecule is CCOc1ccc(N(CC(=O)N(Cc2cccc(C)c2)C(CC)C(=O)NC(C)CC)S(=O)(=O)c2ccc(F)cc2)cc1. The minimum atomic E-state index is -4.30. The van der Waals surface area contributed by atoms with Crippen LogP contribution >= 0.6 is 0 Å². The molecule has 0 aromatic heterocycles. The molecule has 0 saturated heterocycles. The smallest absolute Gasteiger partial charge is 0.264 e. The molecule has 0 saturated carbocycles. The summed E-state index contributed by atoms with van der Waals surface area (Å²) in [4.78, 5) is 28.8. The van der Waals surface area contributed by atoms with Crippen molar-refractivity contribution in [3.8, 4) is 5.75 Å². The van der Waals surface area contributed by atoms with Gasteiger partial charge in [0.05, 0.1) is 17.2 Å². The summed E-state index contributed by atoms with van der Waals surface area (Å²) in [6.07, 6.45) is 1.04. The van der Waals surface area contributed by atoms with Gasteiger partial charge < -0.3 is 15.0 Å². The molecule has 8 nitrogen and oxygen atoms in total. The number of hydrogen-bond donors (Lipinski definition) is 1. The first-order valence-corrected chi connectivity index (χ1v) is 15.6. The molecular weight excluding hydrogens is 557 g/mol. The predicted molar refractivity (Wildman–Crippen MR) is 162 cm³/mol. The van der Waals surface area contributed by atoms with E-state index in [0.29, 0.717) is 18.8 Å². The van der Waals surface area contributed by atoms with Crippen molar-refractivity contribution in [1.29, 1.82) is 0 Å². The molecule has 3 aromatic rings. The fraction of sp³-hybridized carbons (Fsp3) is 0.375. The first-order valence-electron chi connectivity index (χ1n) is 14.2. The fourth-order valence-corrected chi connectivity index (χ4v) is 5.92. The lowest BCUT2D eigenvalue weighted by molar-refractivity contribution is -0.140. The highest BCUT2D eigenvalue weighted by atomic mass is 32.2. The Morgan fingerprint density at radius 1 is 0.952 bits per heavy atom. The third-order valence-corrected chi connectivity index (χ3v) is 8.73. The van der Waals surface area contributed by atoms with Crippen LogP contribution in [0.3, 0.4) is 0 Å². The van der Waals surface area contributed by atoms with Crippen molar-refractivity contribution in [1.82, 2.24) is 10.2 Å². The molecule has 0 aliphatic rings. The third-order valence-electron chi connectivity index (χ3n) is 6.94. The topological polar surface area (TPSA) is 96.0 Å². The van der Waals surface area contributed by atoms with E-state index in [-0.39, 0.29) is 29.1 Å². The summed E-state index contributed by atoms with van der Waals surface area (Å²) < 4.78 is 47.9. The maximum absolute atomic E-state index is 14.1. The first-order chi connectivity index (χ1) is 20.0. The van der Waals surface area contributed by atoms with Gasteiger partial charge in [-0.3, -0.25) is 13.9 Å². The van der Waals surface area contributed by atoms with Gasteiger partial charge in [0.15, 0.2) is 0 Å². The number of halogens is 1. The normalized spacial score (nSPS) is 12.7. The lowest BCUT2D eigenvalue weighted by atomic mass is 10.1. The third kappa shape index (κ3) is 8.31. The number of benzene rings is 3. The molecule has 10 heteroatoms. The number of nitrogens with zero attached hydrogens (tertiary/aromatic N) is 2. The number of anilines is 1. The average Bonchev–Trinajstić information content (AvgIpc) is 2.96. The molecule has 3 rings (SSSR count). The molecule has 0 aliphatic carbocycles. The molecule has 0 aliphatic heterocycles. The minimum absolute atomic E-state index is 0.0957. The summed E-state index contributed by atoms with van der Waals surface area (Å²) in [6, 6.07) is 17.5. The number of ether oxygens (including phenoxy) is 1. The highest BCUT2D eigenvalue weighted by molar-refractivity contribution is 7.92. The number of rotatable bonds is 14. The van der Waals surface area contributed by atoms with Gasteiger partial charge in [-0.25, -0.2) is 12.8 Å². The minimum Gasteiger partial charge on any atom is -0.494 e. The Bertz CT molecular complexity index is 1450. The number of carbonyl (C=O) groups is 2. The van der Waals surface area contributed by atoms with Gasteiger partial charge >= 0.3 is 0 Å². The fourth-order valence-electron chi connectivity index (χ4n) is 4.51. The summed E-state index contributed by atoms with van der Waals surface area (Å²) in [5.41, 5.74) is 2.03. The van der Waals surface area contributed by atoms with Crippen LogP contribution in [-0.4, -0.2) is 50.4 Å². The Labute approximate surface area is 248 Å². The van der Waals surface area contributed by atoms with E-state index >= 15 is 0 Å². The zero-order chi connectivity index (χ0) is 30.9. The molecule has 1 N–H and O–H groups in total. The second-order valence-corrected chi connectivity index (χ2v) is 12.0. The van der Waals surface area contributed by atoms with E-state index in [2.05, 4.69) is 5.32 Å². The van der Waals surface area contributed by atoms with Crippen LogP contribution in [0.4, 0.5) is 10.1 Å². The maximum atomic E-state index is 14.1. The summed E-state index contributed by atoms with van der Waals surface area (Å²) in [5.74, 6) is -0.898. The lowest BCUT2D eigenvalue weighted by Gasteiger charge is -2.33. The molecule has 2 amide bonds. The lowest BCUT2D eigenvalue weighted by Crippen LogP contribution is -2.53. The van der Waals surface area contributed by atoms with Crippen LogP contribution in [0, 0.1) is 12.7 Å². The second-order valence-electron chi connectivity index (χ2n) is 10.1. The monoisotopic (exact) mass is 597 g/mol. The largest absolute Gasteiger partial charge is 0.494 e. The number of aryl methyl sites for hydroxylation is 1. The molecule has 0 bridgehead atoms. The second kappa shape index (κ2) is 14.8. The van der Waals surface area contributed by atoms with E-state index in [1.54, 1.807) is 24.3 Å². The Kier molecular flexibility index (Phi) is 11.5. The van der Waals surface area contributed by atoms with Crippen molar-refractivity contribution in [2.75, 3.05) is 17.5 Å². The van der Waals surface area contributed by atoms with E-state index in [9.17, 15) is 22.4 Å². The van der Waals surface area contributed by atoms with Crippen LogP contribution in [0.5, 0.6) is 5.75 Å². The van der Waals surface area contributed by atoms with Gasteiger partial charge in [0.25, 0.3) is 10.0 Å². The van der Waals surface area contributed by atoms with Crippen LogP contribution in [0.1, 0.15) is 51.7 Å². The van der Waals surface area contributed by atoms with Gasteiger partial charge in [0.2, 0.25) is 11.8 Å². The zero-order valence-corrected chi connectivity index (χ0v) is 25.7. The molecule has 0 heterocycles. The molecule has 3 aromatic carbocycles. The van der Waals surface area contributed by atoms with Crippen LogP contribution in [-0.2, 0) is 26.2 Å². The first kappa shape index (κ1) is 32.6. The van der Waals surface area contributed by atoms with E-state index in [1.807, 2.05) is 58.9 Å². The summed E-state index contributed by atoms with van der Waals surface area (Å²) in [7, 11) is -4.30. The molecule has 0 fully saturated rings. The molecule has 0 radical (unpaired) electrons. The van der Waals surface area contributed by atoms with E-state index in [0.717, 1.165) is 46.1 Å². The van der Waals surface area contributed by atoms with Crippen molar-refractivity contribution in [3.63, 3.8) is 0 Å². The van der Waals surface area contributed by atoms with Gasteiger partial charge in [0.1, 0.15) is 24.2 Å². The van der Waals surface area contributed by atoms with Gasteiger partial charge in [0, 0.05) is 12.6 Å². The van der Waals surface area contributed by atoms with Gasteiger partial charge in [-0.05, 0) is 87.7 Å². The zero-order valence-electron chi connectivity index (χ0n) is 24.8. The van der Waals surface area contributed by atoms with Crippen molar-refractivity contribution >= 4 is 27.5 Å². The van der Waals surface area contributed by atoms with E-state index in [1.165, 1.54) is 4.90 Å². The summed E-state index contributed by atoms with van der Waals surface area (Å²) >= 11 is 0. The molecule has 2 atom stereocenters. The summed E-state index contributed by atoms with van der Waals surface area (Å²) in [6.45, 7) is 9.40. The molecule has 2 unspecified atom stereocenters. The predicted octanol–water partition coefficient (Wildman–Crippen LogP) is 5.45. The van der Waals surface area contributed by atoms with Gasteiger partial charge in [-0.15, -0.1) is 0 Å². The van der Waals surface area contributed by atoms with Gasteiger partial charge in [-0.1, -0.05) is 43.7 Å². The van der Waals surface area contributed by atoms with Crippen molar-refractivity contribution < 1.29 is 27.1 Å². The quantitative estimate of drug-likeness (QED) is 0.267. The summed E-state index contributed by atoms with van der Waals surface area (Å²) in [5, 5.41) is 2.96.